The number of piperidine rings is 1. The standard InChI is InChI=1S/C17H26FN3O.HI/c1-4-19-17(21-9-5-6-13(2)12-21)20-11-14-7-8-16(22-3)15(18)10-14;/h7-8,10,13H,4-6,9,11-12H2,1-3H3,(H,19,20);1H. The Morgan fingerprint density at radius 3 is 2.87 bits per heavy atom. The summed E-state index contributed by atoms with van der Waals surface area (Å²) in [7, 11) is 1.47. The van der Waals surface area contributed by atoms with Crippen molar-refractivity contribution in [1.29, 1.82) is 0 Å². The van der Waals surface area contributed by atoms with Crippen molar-refractivity contribution in [3.05, 3.63) is 29.6 Å². The van der Waals surface area contributed by atoms with E-state index in [2.05, 4.69) is 29.1 Å². The highest BCUT2D eigenvalue weighted by atomic mass is 127. The quantitative estimate of drug-likeness (QED) is 0.446. The van der Waals surface area contributed by atoms with Crippen molar-refractivity contribution < 1.29 is 9.13 Å². The molecular formula is C17H27FIN3O. The van der Waals surface area contributed by atoms with Crippen LogP contribution < -0.4 is 10.1 Å². The van der Waals surface area contributed by atoms with Gasteiger partial charge in [0.05, 0.1) is 13.7 Å². The molecule has 1 aromatic carbocycles. The summed E-state index contributed by atoms with van der Waals surface area (Å²) in [6, 6.07) is 4.99. The van der Waals surface area contributed by atoms with Crippen LogP contribution in [0, 0.1) is 11.7 Å². The van der Waals surface area contributed by atoms with Gasteiger partial charge >= 0.3 is 0 Å². The van der Waals surface area contributed by atoms with Crippen molar-refractivity contribution in [1.82, 2.24) is 10.2 Å². The van der Waals surface area contributed by atoms with Gasteiger partial charge in [0.15, 0.2) is 17.5 Å². The van der Waals surface area contributed by atoms with Gasteiger partial charge in [-0.3, -0.25) is 0 Å². The fourth-order valence-electron chi connectivity index (χ4n) is 2.78. The van der Waals surface area contributed by atoms with Gasteiger partial charge in [0.2, 0.25) is 0 Å². The maximum absolute atomic E-state index is 13.7. The van der Waals surface area contributed by atoms with E-state index in [1.165, 1.54) is 26.0 Å². The van der Waals surface area contributed by atoms with Crippen LogP contribution in [0.3, 0.4) is 0 Å². The van der Waals surface area contributed by atoms with Crippen LogP contribution in [0.1, 0.15) is 32.3 Å². The van der Waals surface area contributed by atoms with E-state index in [4.69, 9.17) is 4.74 Å². The Balaban J connectivity index is 0.00000264. The van der Waals surface area contributed by atoms with Crippen LogP contribution in [0.4, 0.5) is 4.39 Å². The molecular weight excluding hydrogens is 408 g/mol. The third kappa shape index (κ3) is 5.82. The molecule has 4 nitrogen and oxygen atoms in total. The van der Waals surface area contributed by atoms with Crippen molar-refractivity contribution in [2.45, 2.75) is 33.2 Å². The number of benzene rings is 1. The zero-order valence-corrected chi connectivity index (χ0v) is 16.5. The number of ether oxygens (including phenoxy) is 1. The van der Waals surface area contributed by atoms with Gasteiger partial charge in [-0.15, -0.1) is 24.0 Å². The largest absolute Gasteiger partial charge is 0.494 e. The van der Waals surface area contributed by atoms with Gasteiger partial charge < -0.3 is 15.0 Å². The number of nitrogens with one attached hydrogen (secondary N) is 1. The predicted octanol–water partition coefficient (Wildman–Crippen LogP) is 3.65. The zero-order chi connectivity index (χ0) is 15.9. The molecule has 1 heterocycles. The summed E-state index contributed by atoms with van der Waals surface area (Å²) >= 11 is 0. The van der Waals surface area contributed by atoms with Crippen molar-refractivity contribution in [3.8, 4) is 5.75 Å². The van der Waals surface area contributed by atoms with Gasteiger partial charge in [-0.1, -0.05) is 13.0 Å². The zero-order valence-electron chi connectivity index (χ0n) is 14.1. The first-order valence-corrected chi connectivity index (χ1v) is 7.99. The number of methoxy groups -OCH3 is 1. The molecule has 0 saturated carbocycles. The molecule has 1 N–H and O–H groups in total. The molecule has 1 aliphatic rings. The average molecular weight is 435 g/mol. The summed E-state index contributed by atoms with van der Waals surface area (Å²) in [5.74, 6) is 1.54. The Morgan fingerprint density at radius 1 is 1.48 bits per heavy atom. The molecule has 2 rings (SSSR count). The van der Waals surface area contributed by atoms with E-state index in [-0.39, 0.29) is 35.5 Å². The molecule has 0 aliphatic carbocycles. The lowest BCUT2D eigenvalue weighted by Gasteiger charge is -2.33. The highest BCUT2D eigenvalue weighted by Gasteiger charge is 2.19. The molecule has 0 amide bonds. The van der Waals surface area contributed by atoms with Gasteiger partial charge in [0.1, 0.15) is 0 Å². The molecule has 0 spiro atoms. The molecule has 130 valence electrons. The summed E-state index contributed by atoms with van der Waals surface area (Å²) in [6.07, 6.45) is 2.47. The fraction of sp³-hybridized carbons (Fsp3) is 0.588. The average Bonchev–Trinajstić information content (AvgIpc) is 2.51. The van der Waals surface area contributed by atoms with Crippen LogP contribution in [-0.4, -0.2) is 37.6 Å². The summed E-state index contributed by atoms with van der Waals surface area (Å²) in [6.45, 7) is 7.70. The van der Waals surface area contributed by atoms with E-state index < -0.39 is 0 Å². The van der Waals surface area contributed by atoms with Crippen LogP contribution in [0.2, 0.25) is 0 Å². The number of aliphatic imine (C=N–C) groups is 1. The first-order valence-electron chi connectivity index (χ1n) is 7.99. The number of rotatable bonds is 4. The molecule has 1 unspecified atom stereocenters. The minimum absolute atomic E-state index is 0. The topological polar surface area (TPSA) is 36.9 Å². The Bertz CT molecular complexity index is 525. The predicted molar refractivity (Wildman–Crippen MR) is 103 cm³/mol. The highest BCUT2D eigenvalue weighted by molar-refractivity contribution is 14.0. The van der Waals surface area contributed by atoms with E-state index in [1.54, 1.807) is 6.07 Å². The van der Waals surface area contributed by atoms with Gasteiger partial charge in [0.25, 0.3) is 0 Å². The first kappa shape index (κ1) is 20.0. The minimum atomic E-state index is -0.341. The lowest BCUT2D eigenvalue weighted by molar-refractivity contribution is 0.266. The Labute approximate surface area is 155 Å². The van der Waals surface area contributed by atoms with Crippen molar-refractivity contribution in [2.75, 3.05) is 26.7 Å². The summed E-state index contributed by atoms with van der Waals surface area (Å²) in [4.78, 5) is 6.97. The summed E-state index contributed by atoms with van der Waals surface area (Å²) in [5.41, 5.74) is 0.846. The Morgan fingerprint density at radius 2 is 2.26 bits per heavy atom. The second-order valence-corrected chi connectivity index (χ2v) is 5.83. The number of halogens is 2. The summed E-state index contributed by atoms with van der Waals surface area (Å²) < 4.78 is 18.7. The smallest absolute Gasteiger partial charge is 0.194 e. The Kier molecular flexibility index (Phi) is 8.65. The number of hydrogen-bond acceptors (Lipinski definition) is 2. The minimum Gasteiger partial charge on any atom is -0.494 e. The first-order chi connectivity index (χ1) is 10.6. The number of likely N-dealkylation sites (tertiary alicyclic amines) is 1. The number of guanidine groups is 1. The van der Waals surface area contributed by atoms with E-state index in [9.17, 15) is 4.39 Å². The van der Waals surface area contributed by atoms with Crippen molar-refractivity contribution in [2.24, 2.45) is 10.9 Å². The molecule has 23 heavy (non-hydrogen) atoms. The lowest BCUT2D eigenvalue weighted by atomic mass is 10.0. The second-order valence-electron chi connectivity index (χ2n) is 5.83. The molecule has 1 fully saturated rings. The van der Waals surface area contributed by atoms with Crippen LogP contribution in [0.15, 0.2) is 23.2 Å². The van der Waals surface area contributed by atoms with Gasteiger partial charge in [0, 0.05) is 19.6 Å². The van der Waals surface area contributed by atoms with Crippen LogP contribution in [0.25, 0.3) is 0 Å². The van der Waals surface area contributed by atoms with Crippen molar-refractivity contribution >= 4 is 29.9 Å². The van der Waals surface area contributed by atoms with Crippen LogP contribution in [0.5, 0.6) is 5.75 Å². The van der Waals surface area contributed by atoms with E-state index in [1.807, 2.05) is 6.07 Å². The van der Waals surface area contributed by atoms with Crippen molar-refractivity contribution in [3.63, 3.8) is 0 Å². The molecule has 1 aliphatic heterocycles. The fourth-order valence-corrected chi connectivity index (χ4v) is 2.78. The highest BCUT2D eigenvalue weighted by Crippen LogP contribution is 2.19. The molecule has 0 aromatic heterocycles. The molecule has 0 radical (unpaired) electrons. The summed E-state index contributed by atoms with van der Waals surface area (Å²) in [5, 5.41) is 3.34. The molecule has 1 atom stereocenters. The second kappa shape index (κ2) is 9.95. The van der Waals surface area contributed by atoms with Gasteiger partial charge in [-0.2, -0.15) is 0 Å². The van der Waals surface area contributed by atoms with E-state index >= 15 is 0 Å². The Hall–Kier alpha value is -1.05. The maximum atomic E-state index is 13.7. The van der Waals surface area contributed by atoms with Gasteiger partial charge in [-0.25, -0.2) is 9.38 Å². The monoisotopic (exact) mass is 435 g/mol. The van der Waals surface area contributed by atoms with Crippen LogP contribution >= 0.6 is 24.0 Å². The number of nitrogens with zero attached hydrogens (tertiary/aromatic N) is 2. The molecule has 1 saturated heterocycles. The molecule has 0 bridgehead atoms. The van der Waals surface area contributed by atoms with Gasteiger partial charge in [-0.05, 0) is 43.4 Å². The third-order valence-corrected chi connectivity index (χ3v) is 3.92. The third-order valence-electron chi connectivity index (χ3n) is 3.92. The molecule has 1 aromatic rings. The van der Waals surface area contributed by atoms with Crippen LogP contribution in [-0.2, 0) is 6.54 Å². The van der Waals surface area contributed by atoms with E-state index in [0.29, 0.717) is 12.5 Å². The number of hydrogen-bond donors (Lipinski definition) is 1. The SMILES string of the molecule is CCNC(=NCc1ccc(OC)c(F)c1)N1CCCC(C)C1.I. The van der Waals surface area contributed by atoms with E-state index in [0.717, 1.165) is 31.2 Å². The maximum Gasteiger partial charge on any atom is 0.194 e. The normalized spacial score (nSPS) is 18.3. The molecule has 6 heteroatoms. The lowest BCUT2D eigenvalue weighted by Crippen LogP contribution is -2.46.